The van der Waals surface area contributed by atoms with Gasteiger partial charge in [0.2, 0.25) is 5.89 Å². The number of rotatable bonds is 5. The molecule has 3 aromatic rings. The third kappa shape index (κ3) is 3.98. The van der Waals surface area contributed by atoms with Crippen LogP contribution >= 0.6 is 22.9 Å². The van der Waals surface area contributed by atoms with Crippen LogP contribution in [0.25, 0.3) is 21.9 Å². The summed E-state index contributed by atoms with van der Waals surface area (Å²) in [6.45, 7) is 3.74. The Hall–Kier alpha value is -2.18. The number of hydrogen-bond donors (Lipinski definition) is 0. The molecule has 4 rings (SSSR count). The molecule has 1 saturated heterocycles. The quantitative estimate of drug-likeness (QED) is 0.536. The van der Waals surface area contributed by atoms with Gasteiger partial charge in [0, 0.05) is 35.7 Å². The van der Waals surface area contributed by atoms with Crippen molar-refractivity contribution in [2.75, 3.05) is 13.1 Å². The van der Waals surface area contributed by atoms with Gasteiger partial charge in [0.25, 0.3) is 11.8 Å². The SMILES string of the molecule is CCCc1nnc(-c2cc(-c3ccc(C(=O)N4CCCCC4)cc3Cl)cs2)o1. The summed E-state index contributed by atoms with van der Waals surface area (Å²) >= 11 is 8.07. The monoisotopic (exact) mass is 415 g/mol. The number of amides is 1. The van der Waals surface area contributed by atoms with Crippen LogP contribution in [-0.2, 0) is 6.42 Å². The van der Waals surface area contributed by atoms with Gasteiger partial charge in [0.05, 0.1) is 4.88 Å². The van der Waals surface area contributed by atoms with E-state index in [0.29, 0.717) is 22.4 Å². The highest BCUT2D eigenvalue weighted by molar-refractivity contribution is 7.13. The minimum absolute atomic E-state index is 0.0634. The van der Waals surface area contributed by atoms with E-state index in [2.05, 4.69) is 17.1 Å². The normalized spacial score (nSPS) is 14.4. The number of halogens is 1. The van der Waals surface area contributed by atoms with E-state index >= 15 is 0 Å². The van der Waals surface area contributed by atoms with E-state index in [0.717, 1.165) is 54.8 Å². The van der Waals surface area contributed by atoms with E-state index in [1.807, 2.05) is 28.5 Å². The third-order valence-corrected chi connectivity index (χ3v) is 6.14. The molecule has 1 amide bonds. The first-order valence-corrected chi connectivity index (χ1v) is 10.9. The molecular formula is C21H22ClN3O2S. The summed E-state index contributed by atoms with van der Waals surface area (Å²) in [5.74, 6) is 1.26. The lowest BCUT2D eigenvalue weighted by atomic mass is 10.0. The maximum Gasteiger partial charge on any atom is 0.257 e. The third-order valence-electron chi connectivity index (χ3n) is 4.91. The molecule has 28 heavy (non-hydrogen) atoms. The Morgan fingerprint density at radius 2 is 2.04 bits per heavy atom. The van der Waals surface area contributed by atoms with Gasteiger partial charge in [-0.2, -0.15) is 0 Å². The maximum atomic E-state index is 12.7. The zero-order chi connectivity index (χ0) is 19.5. The zero-order valence-electron chi connectivity index (χ0n) is 15.8. The number of nitrogens with zero attached hydrogens (tertiary/aromatic N) is 3. The number of aromatic nitrogens is 2. The standard InChI is InChI=1S/C21H22ClN3O2S/c1-2-6-19-23-24-20(27-19)18-12-15(13-28-18)16-8-7-14(11-17(16)22)21(26)25-9-4-3-5-10-25/h7-8,11-13H,2-6,9-10H2,1H3. The van der Waals surface area contributed by atoms with Crippen molar-refractivity contribution in [3.05, 3.63) is 46.1 Å². The second kappa shape index (κ2) is 8.45. The summed E-state index contributed by atoms with van der Waals surface area (Å²) in [5, 5.41) is 10.8. The van der Waals surface area contributed by atoms with Gasteiger partial charge in [-0.05, 0) is 54.8 Å². The van der Waals surface area contributed by atoms with Gasteiger partial charge < -0.3 is 9.32 Å². The van der Waals surface area contributed by atoms with Crippen LogP contribution in [0.2, 0.25) is 5.02 Å². The highest BCUT2D eigenvalue weighted by Crippen LogP contribution is 2.36. The van der Waals surface area contributed by atoms with Crippen molar-refractivity contribution in [3.8, 4) is 21.9 Å². The van der Waals surface area contributed by atoms with Gasteiger partial charge in [-0.1, -0.05) is 24.6 Å². The number of benzene rings is 1. The van der Waals surface area contributed by atoms with Gasteiger partial charge in [0.15, 0.2) is 0 Å². The zero-order valence-corrected chi connectivity index (χ0v) is 17.4. The van der Waals surface area contributed by atoms with Gasteiger partial charge in [-0.15, -0.1) is 21.5 Å². The van der Waals surface area contributed by atoms with Gasteiger partial charge in [-0.25, -0.2) is 0 Å². The molecule has 1 aliphatic heterocycles. The van der Waals surface area contributed by atoms with Crippen molar-refractivity contribution in [1.82, 2.24) is 15.1 Å². The number of carbonyl (C=O) groups excluding carboxylic acids is 1. The van der Waals surface area contributed by atoms with E-state index in [9.17, 15) is 4.79 Å². The molecule has 0 N–H and O–H groups in total. The second-order valence-electron chi connectivity index (χ2n) is 7.00. The lowest BCUT2D eigenvalue weighted by Gasteiger charge is -2.26. The van der Waals surface area contributed by atoms with E-state index in [1.54, 1.807) is 17.4 Å². The van der Waals surface area contributed by atoms with Crippen LogP contribution in [0.1, 0.15) is 48.9 Å². The van der Waals surface area contributed by atoms with E-state index in [-0.39, 0.29) is 5.91 Å². The fourth-order valence-corrected chi connectivity index (χ4v) is 4.54. The van der Waals surface area contributed by atoms with Crippen molar-refractivity contribution < 1.29 is 9.21 Å². The Labute approximate surface area is 173 Å². The molecular weight excluding hydrogens is 394 g/mol. The number of piperidine rings is 1. The van der Waals surface area contributed by atoms with E-state index < -0.39 is 0 Å². The summed E-state index contributed by atoms with van der Waals surface area (Å²) in [5.41, 5.74) is 2.53. The minimum atomic E-state index is 0.0634. The van der Waals surface area contributed by atoms with E-state index in [1.165, 1.54) is 6.42 Å². The first-order chi connectivity index (χ1) is 13.7. The van der Waals surface area contributed by atoms with Crippen LogP contribution < -0.4 is 0 Å². The van der Waals surface area contributed by atoms with Crippen molar-refractivity contribution in [1.29, 1.82) is 0 Å². The Morgan fingerprint density at radius 3 is 2.79 bits per heavy atom. The summed E-state index contributed by atoms with van der Waals surface area (Å²) in [4.78, 5) is 15.5. The molecule has 2 aromatic heterocycles. The Morgan fingerprint density at radius 1 is 1.21 bits per heavy atom. The van der Waals surface area contributed by atoms with Gasteiger partial charge in [0.1, 0.15) is 0 Å². The molecule has 1 aliphatic rings. The molecule has 0 saturated carbocycles. The molecule has 1 aromatic carbocycles. The highest BCUT2D eigenvalue weighted by Gasteiger charge is 2.20. The van der Waals surface area contributed by atoms with Gasteiger partial charge in [-0.3, -0.25) is 4.79 Å². The first kappa shape index (κ1) is 19.2. The lowest BCUT2D eigenvalue weighted by Crippen LogP contribution is -2.35. The molecule has 146 valence electrons. The summed E-state index contributed by atoms with van der Waals surface area (Å²) in [6.07, 6.45) is 5.10. The fourth-order valence-electron chi connectivity index (χ4n) is 3.42. The molecule has 0 unspecified atom stereocenters. The molecule has 7 heteroatoms. The topological polar surface area (TPSA) is 59.2 Å². The van der Waals surface area contributed by atoms with Crippen molar-refractivity contribution in [2.24, 2.45) is 0 Å². The number of aryl methyl sites for hydroxylation is 1. The summed E-state index contributed by atoms with van der Waals surface area (Å²) in [7, 11) is 0. The molecule has 0 bridgehead atoms. The van der Waals surface area contributed by atoms with Gasteiger partial charge >= 0.3 is 0 Å². The molecule has 0 spiro atoms. The smallest absolute Gasteiger partial charge is 0.257 e. The van der Waals surface area contributed by atoms with Crippen molar-refractivity contribution in [2.45, 2.75) is 39.0 Å². The Kier molecular flexibility index (Phi) is 5.78. The molecule has 0 radical (unpaired) electrons. The Bertz CT molecular complexity index is 976. The van der Waals surface area contributed by atoms with Crippen LogP contribution in [0.15, 0.2) is 34.1 Å². The predicted molar refractivity (Wildman–Crippen MR) is 112 cm³/mol. The predicted octanol–water partition coefficient (Wildman–Crippen LogP) is 5.70. The molecule has 1 fully saturated rings. The van der Waals surface area contributed by atoms with Crippen LogP contribution in [0.4, 0.5) is 0 Å². The van der Waals surface area contributed by atoms with Crippen LogP contribution in [0, 0.1) is 0 Å². The summed E-state index contributed by atoms with van der Waals surface area (Å²) in [6, 6.07) is 7.56. The number of carbonyl (C=O) groups is 1. The second-order valence-corrected chi connectivity index (χ2v) is 8.32. The fraction of sp³-hybridized carbons (Fsp3) is 0.381. The van der Waals surface area contributed by atoms with Crippen molar-refractivity contribution >= 4 is 28.8 Å². The number of likely N-dealkylation sites (tertiary alicyclic amines) is 1. The average Bonchev–Trinajstić information content (AvgIpc) is 3.38. The molecule has 5 nitrogen and oxygen atoms in total. The molecule has 3 heterocycles. The molecule has 0 aliphatic carbocycles. The van der Waals surface area contributed by atoms with Crippen LogP contribution in [0.3, 0.4) is 0 Å². The minimum Gasteiger partial charge on any atom is -0.420 e. The first-order valence-electron chi connectivity index (χ1n) is 9.66. The number of hydrogen-bond acceptors (Lipinski definition) is 5. The maximum absolute atomic E-state index is 12.7. The lowest BCUT2D eigenvalue weighted by molar-refractivity contribution is 0.0724. The van der Waals surface area contributed by atoms with Crippen LogP contribution in [-0.4, -0.2) is 34.1 Å². The number of thiophene rings is 1. The Balaban J connectivity index is 1.54. The average molecular weight is 416 g/mol. The van der Waals surface area contributed by atoms with Crippen LogP contribution in [0.5, 0.6) is 0 Å². The highest BCUT2D eigenvalue weighted by atomic mass is 35.5. The summed E-state index contributed by atoms with van der Waals surface area (Å²) < 4.78 is 5.71. The molecule has 0 atom stereocenters. The van der Waals surface area contributed by atoms with E-state index in [4.69, 9.17) is 16.0 Å². The van der Waals surface area contributed by atoms with Crippen molar-refractivity contribution in [3.63, 3.8) is 0 Å². The largest absolute Gasteiger partial charge is 0.420 e.